The van der Waals surface area contributed by atoms with E-state index in [0.717, 1.165) is 39.6 Å². The van der Waals surface area contributed by atoms with E-state index in [1.54, 1.807) is 11.8 Å². The summed E-state index contributed by atoms with van der Waals surface area (Å²) in [6.07, 6.45) is 1.99. The lowest BCUT2D eigenvalue weighted by Crippen LogP contribution is -1.88. The predicted octanol–water partition coefficient (Wildman–Crippen LogP) is 3.37. The van der Waals surface area contributed by atoms with Crippen molar-refractivity contribution in [1.82, 2.24) is 14.9 Å². The Kier molecular flexibility index (Phi) is 3.25. The highest BCUT2D eigenvalue weighted by molar-refractivity contribution is 5.82. The van der Waals surface area contributed by atoms with Crippen molar-refractivity contribution in [3.05, 3.63) is 41.9 Å². The average Bonchev–Trinajstić information content (AvgIpc) is 3.02. The van der Waals surface area contributed by atoms with Gasteiger partial charge < -0.3 is 9.26 Å². The molecule has 5 heteroatoms. The van der Waals surface area contributed by atoms with Crippen molar-refractivity contribution in [2.45, 2.75) is 13.8 Å². The monoisotopic (exact) mass is 283 g/mol. The molecule has 1 aromatic carbocycles. The molecule has 0 unspecified atom stereocenters. The second-order valence-corrected chi connectivity index (χ2v) is 4.99. The Labute approximate surface area is 123 Å². The Hall–Kier alpha value is -2.56. The lowest BCUT2D eigenvalue weighted by molar-refractivity contribution is 0.393. The highest BCUT2D eigenvalue weighted by Crippen LogP contribution is 2.35. The first-order valence-corrected chi connectivity index (χ1v) is 6.71. The van der Waals surface area contributed by atoms with Gasteiger partial charge in [0.1, 0.15) is 17.2 Å². The Bertz CT molecular complexity index is 750. The van der Waals surface area contributed by atoms with Crippen molar-refractivity contribution in [3.63, 3.8) is 0 Å². The van der Waals surface area contributed by atoms with Gasteiger partial charge >= 0.3 is 0 Å². The second-order valence-electron chi connectivity index (χ2n) is 4.99. The highest BCUT2D eigenvalue weighted by atomic mass is 16.5. The average molecular weight is 283 g/mol. The minimum absolute atomic E-state index is 0.801. The number of benzene rings is 1. The van der Waals surface area contributed by atoms with Gasteiger partial charge in [0.2, 0.25) is 0 Å². The van der Waals surface area contributed by atoms with Gasteiger partial charge in [-0.05, 0) is 38.1 Å². The molecule has 2 aromatic heterocycles. The van der Waals surface area contributed by atoms with Gasteiger partial charge in [0.15, 0.2) is 0 Å². The maximum Gasteiger partial charge on any atom is 0.141 e. The molecule has 0 aliphatic rings. The van der Waals surface area contributed by atoms with Crippen LogP contribution in [-0.2, 0) is 7.05 Å². The molecular weight excluding hydrogens is 266 g/mol. The van der Waals surface area contributed by atoms with Gasteiger partial charge in [0.25, 0.3) is 0 Å². The number of hydrogen-bond acceptors (Lipinski definition) is 4. The zero-order chi connectivity index (χ0) is 15.0. The van der Waals surface area contributed by atoms with Gasteiger partial charge in [-0.15, -0.1) is 0 Å². The lowest BCUT2D eigenvalue weighted by atomic mass is 10.0. The summed E-state index contributed by atoms with van der Waals surface area (Å²) in [4.78, 5) is 0. The summed E-state index contributed by atoms with van der Waals surface area (Å²) in [7, 11) is 3.57. The van der Waals surface area contributed by atoms with Crippen LogP contribution in [0.5, 0.6) is 5.75 Å². The van der Waals surface area contributed by atoms with Crippen LogP contribution in [-0.4, -0.2) is 22.0 Å². The standard InChI is InChI=1S/C16H17N3O2/c1-10-15(11(2)21-18-10)14-9-19(3)17-16(14)12-5-7-13(20-4)8-6-12/h5-9H,1-4H3. The minimum Gasteiger partial charge on any atom is -0.497 e. The molecule has 5 nitrogen and oxygen atoms in total. The first kappa shape index (κ1) is 13.4. The van der Waals surface area contributed by atoms with Crippen LogP contribution in [0.2, 0.25) is 0 Å². The van der Waals surface area contributed by atoms with E-state index in [-0.39, 0.29) is 0 Å². The molecule has 21 heavy (non-hydrogen) atoms. The molecule has 0 fully saturated rings. The fourth-order valence-corrected chi connectivity index (χ4v) is 2.50. The molecule has 0 N–H and O–H groups in total. The van der Waals surface area contributed by atoms with Crippen LogP contribution >= 0.6 is 0 Å². The van der Waals surface area contributed by atoms with E-state index in [4.69, 9.17) is 9.26 Å². The number of methoxy groups -OCH3 is 1. The molecule has 0 amide bonds. The zero-order valence-corrected chi connectivity index (χ0v) is 12.5. The van der Waals surface area contributed by atoms with Crippen LogP contribution in [0.4, 0.5) is 0 Å². The Balaban J connectivity index is 2.15. The SMILES string of the molecule is COc1ccc(-c2nn(C)cc2-c2c(C)noc2C)cc1. The summed E-state index contributed by atoms with van der Waals surface area (Å²) in [5.41, 5.74) is 4.85. The van der Waals surface area contributed by atoms with Gasteiger partial charge in [-0.3, -0.25) is 4.68 Å². The van der Waals surface area contributed by atoms with Crippen molar-refractivity contribution < 1.29 is 9.26 Å². The third kappa shape index (κ3) is 2.31. The number of aromatic nitrogens is 3. The molecule has 0 saturated heterocycles. The maximum absolute atomic E-state index is 5.28. The van der Waals surface area contributed by atoms with Crippen molar-refractivity contribution in [1.29, 1.82) is 0 Å². The molecule has 108 valence electrons. The summed E-state index contributed by atoms with van der Waals surface area (Å²) < 4.78 is 12.3. The largest absolute Gasteiger partial charge is 0.497 e. The molecular formula is C16H17N3O2. The van der Waals surface area contributed by atoms with Gasteiger partial charge in [-0.2, -0.15) is 5.10 Å². The van der Waals surface area contributed by atoms with E-state index >= 15 is 0 Å². The first-order valence-electron chi connectivity index (χ1n) is 6.71. The Morgan fingerprint density at radius 2 is 1.86 bits per heavy atom. The number of nitrogens with zero attached hydrogens (tertiary/aromatic N) is 3. The fourth-order valence-electron chi connectivity index (χ4n) is 2.50. The summed E-state index contributed by atoms with van der Waals surface area (Å²) >= 11 is 0. The molecule has 0 spiro atoms. The number of ether oxygens (including phenoxy) is 1. The van der Waals surface area contributed by atoms with Crippen molar-refractivity contribution in [2.24, 2.45) is 7.05 Å². The minimum atomic E-state index is 0.801. The number of rotatable bonds is 3. The van der Waals surface area contributed by atoms with Crippen LogP contribution in [0.3, 0.4) is 0 Å². The van der Waals surface area contributed by atoms with Gasteiger partial charge in [0, 0.05) is 24.4 Å². The highest BCUT2D eigenvalue weighted by Gasteiger charge is 2.19. The summed E-state index contributed by atoms with van der Waals surface area (Å²) in [5, 5.41) is 8.61. The maximum atomic E-state index is 5.28. The van der Waals surface area contributed by atoms with Gasteiger partial charge in [-0.25, -0.2) is 0 Å². The third-order valence-corrected chi connectivity index (χ3v) is 3.49. The van der Waals surface area contributed by atoms with E-state index in [1.165, 1.54) is 0 Å². The predicted molar refractivity (Wildman–Crippen MR) is 80.2 cm³/mol. The Morgan fingerprint density at radius 1 is 1.14 bits per heavy atom. The molecule has 0 atom stereocenters. The van der Waals surface area contributed by atoms with E-state index in [1.807, 2.05) is 51.4 Å². The van der Waals surface area contributed by atoms with Crippen molar-refractivity contribution >= 4 is 0 Å². The molecule has 2 heterocycles. The lowest BCUT2D eigenvalue weighted by Gasteiger charge is -2.04. The molecule has 0 saturated carbocycles. The molecule has 0 aliphatic carbocycles. The third-order valence-electron chi connectivity index (χ3n) is 3.49. The molecule has 3 aromatic rings. The number of hydrogen-bond donors (Lipinski definition) is 0. The fraction of sp³-hybridized carbons (Fsp3) is 0.250. The molecule has 0 bridgehead atoms. The summed E-state index contributed by atoms with van der Waals surface area (Å²) in [6.45, 7) is 3.86. The van der Waals surface area contributed by atoms with E-state index in [2.05, 4.69) is 10.3 Å². The van der Waals surface area contributed by atoms with Crippen LogP contribution in [0.1, 0.15) is 11.5 Å². The van der Waals surface area contributed by atoms with Crippen molar-refractivity contribution in [3.8, 4) is 28.1 Å². The quantitative estimate of drug-likeness (QED) is 0.739. The zero-order valence-electron chi connectivity index (χ0n) is 12.5. The molecule has 3 rings (SSSR count). The second kappa shape index (κ2) is 5.09. The number of aryl methyl sites for hydroxylation is 3. The van der Waals surface area contributed by atoms with Crippen LogP contribution in [0.15, 0.2) is 35.0 Å². The van der Waals surface area contributed by atoms with Crippen LogP contribution in [0, 0.1) is 13.8 Å². The van der Waals surface area contributed by atoms with E-state index < -0.39 is 0 Å². The summed E-state index contributed by atoms with van der Waals surface area (Å²) in [6, 6.07) is 7.87. The summed E-state index contributed by atoms with van der Waals surface area (Å²) in [5.74, 6) is 1.63. The Morgan fingerprint density at radius 3 is 2.43 bits per heavy atom. The molecule has 0 aliphatic heterocycles. The smallest absolute Gasteiger partial charge is 0.141 e. The van der Waals surface area contributed by atoms with Crippen LogP contribution in [0.25, 0.3) is 22.4 Å². The molecule has 0 radical (unpaired) electrons. The van der Waals surface area contributed by atoms with Crippen LogP contribution < -0.4 is 4.74 Å². The van der Waals surface area contributed by atoms with E-state index in [0.29, 0.717) is 0 Å². The topological polar surface area (TPSA) is 53.1 Å². The van der Waals surface area contributed by atoms with Gasteiger partial charge in [0.05, 0.1) is 18.4 Å². The first-order chi connectivity index (χ1) is 10.1. The van der Waals surface area contributed by atoms with Gasteiger partial charge in [-0.1, -0.05) is 5.16 Å². The van der Waals surface area contributed by atoms with E-state index in [9.17, 15) is 0 Å². The normalized spacial score (nSPS) is 10.9. The van der Waals surface area contributed by atoms with Crippen molar-refractivity contribution in [2.75, 3.05) is 7.11 Å².